The number of rotatable bonds is 0. The molecule has 0 amide bonds. The van der Waals surface area contributed by atoms with Crippen LogP contribution in [0.2, 0.25) is 13.1 Å². The van der Waals surface area contributed by atoms with E-state index in [0.29, 0.717) is 8.45 Å². The van der Waals surface area contributed by atoms with Gasteiger partial charge in [-0.05, 0) is 0 Å². The van der Waals surface area contributed by atoms with E-state index in [2.05, 4.69) is 98.0 Å². The van der Waals surface area contributed by atoms with Crippen LogP contribution in [0.15, 0.2) is 83.2 Å². The van der Waals surface area contributed by atoms with E-state index < -0.39 is 8.07 Å². The Morgan fingerprint density at radius 2 is 1.03 bits per heavy atom. The molecule has 0 spiro atoms. The van der Waals surface area contributed by atoms with E-state index >= 15 is 0 Å². The summed E-state index contributed by atoms with van der Waals surface area (Å²) in [6, 6.07) is 27.5. The quantitative estimate of drug-likeness (QED) is 0.318. The first kappa shape index (κ1) is 22.2. The molecule has 2 aliphatic carbocycles. The maximum Gasteiger partial charge on any atom is -1.00 e. The van der Waals surface area contributed by atoms with Crippen molar-refractivity contribution < 1.29 is 44.0 Å². The SMILES string of the molecule is C[Si]1(C)C2=Cc3c(ccc4ccccc34)[CH]2[Ti+2][CH]2C1=Cc1c2ccc2ccccc12.[Cl-].[Cl-]. The molecule has 0 aromatic heterocycles. The Bertz CT molecular complexity index is 1360. The minimum Gasteiger partial charge on any atom is -1.00 e. The van der Waals surface area contributed by atoms with E-state index in [1.807, 2.05) is 0 Å². The van der Waals surface area contributed by atoms with E-state index in [1.165, 1.54) is 32.7 Å². The van der Waals surface area contributed by atoms with E-state index in [9.17, 15) is 0 Å². The fraction of sp³-hybridized carbons (Fsp3) is 0.143. The Morgan fingerprint density at radius 3 is 1.50 bits per heavy atom. The van der Waals surface area contributed by atoms with Crippen molar-refractivity contribution in [3.63, 3.8) is 0 Å². The number of hydrogen-bond donors (Lipinski definition) is 0. The van der Waals surface area contributed by atoms with Gasteiger partial charge in [0.05, 0.1) is 0 Å². The summed E-state index contributed by atoms with van der Waals surface area (Å²) in [7, 11) is -1.67. The molecule has 3 aliphatic rings. The normalized spacial score (nSPS) is 20.9. The number of allylic oxidation sites excluding steroid dienone is 2. The van der Waals surface area contributed by atoms with Gasteiger partial charge >= 0.3 is 188 Å². The zero-order valence-electron chi connectivity index (χ0n) is 18.0. The summed E-state index contributed by atoms with van der Waals surface area (Å²) in [4.78, 5) is 0. The van der Waals surface area contributed by atoms with Gasteiger partial charge in [-0.2, -0.15) is 0 Å². The van der Waals surface area contributed by atoms with Crippen molar-refractivity contribution in [2.45, 2.75) is 21.5 Å². The second-order valence-corrected chi connectivity index (χ2v) is 16.2. The van der Waals surface area contributed by atoms with E-state index in [1.54, 1.807) is 21.5 Å². The topological polar surface area (TPSA) is 0 Å². The van der Waals surface area contributed by atoms with E-state index in [-0.39, 0.29) is 44.0 Å². The molecule has 4 heteroatoms. The molecule has 4 aromatic carbocycles. The number of fused-ring (bicyclic) bond motifs is 10. The summed E-state index contributed by atoms with van der Waals surface area (Å²) in [6.45, 7) is 5.22. The molecule has 0 radical (unpaired) electrons. The molecule has 4 aromatic rings. The van der Waals surface area contributed by atoms with Gasteiger partial charge in [-0.25, -0.2) is 0 Å². The summed E-state index contributed by atoms with van der Waals surface area (Å²) in [6.07, 6.45) is 5.24. The number of hydrogen-bond acceptors (Lipinski definition) is 0. The molecule has 0 nitrogen and oxygen atoms in total. The van der Waals surface area contributed by atoms with Crippen molar-refractivity contribution in [2.75, 3.05) is 0 Å². The summed E-state index contributed by atoms with van der Waals surface area (Å²) in [5, 5.41) is 9.24. The first-order chi connectivity index (χ1) is 14.6. The van der Waals surface area contributed by atoms with Crippen LogP contribution in [-0.2, 0) is 19.2 Å². The Labute approximate surface area is 211 Å². The van der Waals surface area contributed by atoms with Gasteiger partial charge in [0.25, 0.3) is 0 Å². The van der Waals surface area contributed by atoms with Gasteiger partial charge in [0.15, 0.2) is 0 Å². The summed E-state index contributed by atoms with van der Waals surface area (Å²) in [5.41, 5.74) is 6.29. The number of halogens is 2. The molecule has 2 unspecified atom stereocenters. The monoisotopic (exact) mass is 504 g/mol. The predicted molar refractivity (Wildman–Crippen MR) is 127 cm³/mol. The Hall–Kier alpha value is -1.61. The van der Waals surface area contributed by atoms with Gasteiger partial charge in [-0.3, -0.25) is 0 Å². The molecule has 32 heavy (non-hydrogen) atoms. The van der Waals surface area contributed by atoms with Crippen LogP contribution in [0.5, 0.6) is 0 Å². The van der Waals surface area contributed by atoms with Crippen LogP contribution in [0.3, 0.4) is 0 Å². The average molecular weight is 505 g/mol. The molecule has 0 saturated carbocycles. The van der Waals surface area contributed by atoms with Crippen molar-refractivity contribution in [2.24, 2.45) is 0 Å². The smallest absolute Gasteiger partial charge is 1.00 e. The minimum absolute atomic E-state index is 0. The van der Waals surface area contributed by atoms with Crippen LogP contribution in [-0.4, -0.2) is 8.07 Å². The summed E-state index contributed by atoms with van der Waals surface area (Å²) in [5.74, 6) is 0. The third kappa shape index (κ3) is 2.85. The van der Waals surface area contributed by atoms with Crippen molar-refractivity contribution >= 4 is 41.8 Å². The van der Waals surface area contributed by atoms with Gasteiger partial charge in [0.2, 0.25) is 0 Å². The van der Waals surface area contributed by atoms with Crippen molar-refractivity contribution in [3.05, 3.63) is 105 Å². The van der Waals surface area contributed by atoms with Crippen molar-refractivity contribution in [1.29, 1.82) is 0 Å². The van der Waals surface area contributed by atoms with Crippen LogP contribution in [0, 0.1) is 0 Å². The van der Waals surface area contributed by atoms with Crippen molar-refractivity contribution in [3.8, 4) is 0 Å². The molecule has 1 heterocycles. The largest absolute Gasteiger partial charge is 1.00 e. The molecule has 2 atom stereocenters. The molecule has 1 saturated heterocycles. The minimum atomic E-state index is -1.67. The molecule has 1 fully saturated rings. The fourth-order valence-electron chi connectivity index (χ4n) is 6.04. The fourth-order valence-corrected chi connectivity index (χ4v) is 15.9. The number of benzene rings is 4. The Balaban J connectivity index is 0.00000108. The van der Waals surface area contributed by atoms with Crippen LogP contribution in [0.1, 0.15) is 30.7 Å². The molecule has 156 valence electrons. The van der Waals surface area contributed by atoms with Gasteiger partial charge in [0.1, 0.15) is 0 Å². The third-order valence-electron chi connectivity index (χ3n) is 7.63. The van der Waals surface area contributed by atoms with Gasteiger partial charge in [0, 0.05) is 0 Å². The standard InChI is InChI=1S/C28H22Si.2ClH.Ti/c1-29(2,23-15-21-13-11-19-7-3-5-9-25(19)27(21)17-23)24-16-22-14-12-20-8-4-6-10-26(20)28(22)18-24;;;/h3-18H,1-2H3;2*1H;/q;;;+2/p-2. The average Bonchev–Trinajstić information content (AvgIpc) is 3.34. The molecular weight excluding hydrogens is 483 g/mol. The predicted octanol–water partition coefficient (Wildman–Crippen LogP) is 1.46. The van der Waals surface area contributed by atoms with Crippen molar-refractivity contribution in [1.82, 2.24) is 0 Å². The third-order valence-corrected chi connectivity index (χ3v) is 15.3. The Kier molecular flexibility index (Phi) is 5.36. The molecule has 0 bridgehead atoms. The molecule has 0 N–H and O–H groups in total. The second-order valence-electron chi connectivity index (χ2n) is 9.44. The summed E-state index contributed by atoms with van der Waals surface area (Å²) < 4.78 is 1.43. The maximum absolute atomic E-state index is 2.62. The van der Waals surface area contributed by atoms with Crippen LogP contribution < -0.4 is 24.8 Å². The maximum atomic E-state index is 2.62. The van der Waals surface area contributed by atoms with Crippen LogP contribution >= 0.6 is 0 Å². The molecule has 7 rings (SSSR count). The van der Waals surface area contributed by atoms with Crippen LogP contribution in [0.4, 0.5) is 0 Å². The molecular formula is C28H22Cl2SiTi. The van der Waals surface area contributed by atoms with Gasteiger partial charge in [-0.1, -0.05) is 0 Å². The first-order valence-electron chi connectivity index (χ1n) is 10.9. The Morgan fingerprint density at radius 1 is 0.594 bits per heavy atom. The zero-order chi connectivity index (χ0) is 20.0. The zero-order valence-corrected chi connectivity index (χ0v) is 22.1. The van der Waals surface area contributed by atoms with Crippen LogP contribution in [0.25, 0.3) is 33.7 Å². The van der Waals surface area contributed by atoms with E-state index in [0.717, 1.165) is 0 Å². The van der Waals surface area contributed by atoms with E-state index in [4.69, 9.17) is 0 Å². The first-order valence-corrected chi connectivity index (χ1v) is 15.7. The second kappa shape index (κ2) is 7.72. The molecule has 1 aliphatic heterocycles. The van der Waals surface area contributed by atoms with Gasteiger partial charge in [-0.15, -0.1) is 0 Å². The van der Waals surface area contributed by atoms with Gasteiger partial charge < -0.3 is 24.8 Å². The summed E-state index contributed by atoms with van der Waals surface area (Å²) >= 11 is -0.196.